The van der Waals surface area contributed by atoms with Gasteiger partial charge in [-0.05, 0) is 0 Å². The molecule has 0 aromatic carbocycles. The van der Waals surface area contributed by atoms with Crippen molar-refractivity contribution in [3.63, 3.8) is 0 Å². The van der Waals surface area contributed by atoms with Gasteiger partial charge >= 0.3 is 10.2 Å². The molecule has 6 heteroatoms. The lowest BCUT2D eigenvalue weighted by atomic mass is 10.5. The molecule has 0 saturated heterocycles. The fourth-order valence-corrected chi connectivity index (χ4v) is 0.905. The van der Waals surface area contributed by atoms with Crippen molar-refractivity contribution < 1.29 is 21.8 Å². The molecule has 0 N–H and O–H groups in total. The molecular weight excluding hydrogens is 199 g/mol. The summed E-state index contributed by atoms with van der Waals surface area (Å²) in [4.78, 5) is 0. The highest BCUT2D eigenvalue weighted by Crippen LogP contribution is 1.91. The van der Waals surface area contributed by atoms with Gasteiger partial charge in [0.2, 0.25) is 0 Å². The Bertz CT molecular complexity index is 225. The van der Waals surface area contributed by atoms with Crippen molar-refractivity contribution in [2.24, 2.45) is 0 Å². The van der Waals surface area contributed by atoms with Gasteiger partial charge in [0.05, 0.1) is 19.5 Å². The van der Waals surface area contributed by atoms with Crippen molar-refractivity contribution in [3.05, 3.63) is 12.8 Å². The van der Waals surface area contributed by atoms with E-state index in [0.717, 1.165) is 0 Å². The maximum atomic E-state index is 11.9. The van der Waals surface area contributed by atoms with Crippen LogP contribution in [0.15, 0.2) is 12.8 Å². The number of rotatable bonds is 8. The summed E-state index contributed by atoms with van der Waals surface area (Å²) in [6, 6.07) is 0. The molecule has 0 aromatic rings. The zero-order chi connectivity index (χ0) is 10.2. The molecule has 0 fully saturated rings. The molecule has 0 atom stereocenters. The van der Waals surface area contributed by atoms with Crippen LogP contribution in [0.3, 0.4) is 0 Å². The lowest BCUT2D eigenvalue weighted by Gasteiger charge is -2.01. The van der Waals surface area contributed by atoms with E-state index in [0.29, 0.717) is 19.6 Å². The average molecular weight is 212 g/mol. The molecule has 0 aromatic heterocycles. The molecule has 78 valence electrons. The summed E-state index contributed by atoms with van der Waals surface area (Å²) >= 11 is 0. The highest BCUT2D eigenvalue weighted by molar-refractivity contribution is 7.86. The number of hydrogen-bond acceptors (Lipinski definition) is 4. The zero-order valence-electron chi connectivity index (χ0n) is 7.24. The Morgan fingerprint density at radius 1 is 1.31 bits per heavy atom. The molecule has 0 radical (unpaired) electrons. The number of ether oxygens (including phenoxy) is 2. The standard InChI is InChI=1S/C7H13FO4S/c1-2-11-4-3-5-12-6-7-13(8,9)10/h2H,1,3-7H2. The van der Waals surface area contributed by atoms with E-state index < -0.39 is 16.0 Å². The third kappa shape index (κ3) is 11.4. The minimum atomic E-state index is -4.39. The van der Waals surface area contributed by atoms with Gasteiger partial charge in [-0.2, -0.15) is 8.42 Å². The van der Waals surface area contributed by atoms with E-state index in [-0.39, 0.29) is 6.61 Å². The van der Waals surface area contributed by atoms with E-state index >= 15 is 0 Å². The van der Waals surface area contributed by atoms with Crippen LogP contribution in [0, 0.1) is 0 Å². The molecule has 0 unspecified atom stereocenters. The van der Waals surface area contributed by atoms with Crippen molar-refractivity contribution >= 4 is 10.2 Å². The number of halogens is 1. The first-order valence-electron chi connectivity index (χ1n) is 3.79. The molecule has 0 saturated carbocycles. The van der Waals surface area contributed by atoms with Crippen molar-refractivity contribution in [3.8, 4) is 0 Å². The quantitative estimate of drug-likeness (QED) is 0.340. The lowest BCUT2D eigenvalue weighted by Crippen LogP contribution is -2.08. The van der Waals surface area contributed by atoms with E-state index in [4.69, 9.17) is 9.47 Å². The molecule has 4 nitrogen and oxygen atoms in total. The van der Waals surface area contributed by atoms with E-state index in [1.54, 1.807) is 0 Å². The Kier molecular flexibility index (Phi) is 6.52. The van der Waals surface area contributed by atoms with Crippen LogP contribution in [-0.2, 0) is 19.7 Å². The molecule has 0 aliphatic heterocycles. The minimum Gasteiger partial charge on any atom is -0.502 e. The van der Waals surface area contributed by atoms with Crippen LogP contribution < -0.4 is 0 Å². The number of hydrogen-bond donors (Lipinski definition) is 0. The van der Waals surface area contributed by atoms with Gasteiger partial charge in [-0.3, -0.25) is 0 Å². The van der Waals surface area contributed by atoms with Gasteiger partial charge in [0.1, 0.15) is 5.75 Å². The maximum Gasteiger partial charge on any atom is 0.304 e. The van der Waals surface area contributed by atoms with Crippen LogP contribution in [0.2, 0.25) is 0 Å². The first kappa shape index (κ1) is 12.4. The minimum absolute atomic E-state index is 0.118. The molecule has 13 heavy (non-hydrogen) atoms. The Morgan fingerprint density at radius 3 is 2.54 bits per heavy atom. The second-order valence-electron chi connectivity index (χ2n) is 2.25. The van der Waals surface area contributed by atoms with E-state index in [9.17, 15) is 12.3 Å². The fourth-order valence-electron chi connectivity index (χ4n) is 0.588. The Hall–Kier alpha value is -0.620. The first-order chi connectivity index (χ1) is 6.06. The van der Waals surface area contributed by atoms with E-state index in [1.807, 2.05) is 0 Å². The van der Waals surface area contributed by atoms with Crippen molar-refractivity contribution in [1.82, 2.24) is 0 Å². The van der Waals surface area contributed by atoms with Gasteiger partial charge in [0.15, 0.2) is 0 Å². The van der Waals surface area contributed by atoms with Crippen LogP contribution in [0.1, 0.15) is 6.42 Å². The van der Waals surface area contributed by atoms with Crippen molar-refractivity contribution in [2.75, 3.05) is 25.6 Å². The van der Waals surface area contributed by atoms with Gasteiger partial charge in [-0.15, -0.1) is 3.89 Å². The van der Waals surface area contributed by atoms with Crippen LogP contribution >= 0.6 is 0 Å². The van der Waals surface area contributed by atoms with Crippen LogP contribution in [0.25, 0.3) is 0 Å². The normalized spacial score (nSPS) is 11.2. The molecule has 0 heterocycles. The molecule has 0 rings (SSSR count). The summed E-state index contributed by atoms with van der Waals surface area (Å²) in [6.45, 7) is 4.03. The van der Waals surface area contributed by atoms with Crippen molar-refractivity contribution in [1.29, 1.82) is 0 Å². The second kappa shape index (κ2) is 6.85. The highest BCUT2D eigenvalue weighted by atomic mass is 32.3. The Morgan fingerprint density at radius 2 is 2.00 bits per heavy atom. The fraction of sp³-hybridized carbons (Fsp3) is 0.714. The summed E-state index contributed by atoms with van der Waals surface area (Å²) in [5.74, 6) is -0.588. The molecule has 0 bridgehead atoms. The lowest BCUT2D eigenvalue weighted by molar-refractivity contribution is 0.123. The Balaban J connectivity index is 3.13. The van der Waals surface area contributed by atoms with Gasteiger partial charge in [-0.25, -0.2) is 0 Å². The SMILES string of the molecule is C=COCCCOCCS(=O)(=O)F. The zero-order valence-corrected chi connectivity index (χ0v) is 8.06. The van der Waals surface area contributed by atoms with Gasteiger partial charge in [-0.1, -0.05) is 6.58 Å². The molecule has 0 aliphatic rings. The third-order valence-electron chi connectivity index (χ3n) is 1.14. The summed E-state index contributed by atoms with van der Waals surface area (Å²) < 4.78 is 41.4. The highest BCUT2D eigenvalue weighted by Gasteiger charge is 2.05. The molecule has 0 amide bonds. The summed E-state index contributed by atoms with van der Waals surface area (Å²) in [6.07, 6.45) is 1.93. The summed E-state index contributed by atoms with van der Waals surface area (Å²) in [5, 5.41) is 0. The first-order valence-corrected chi connectivity index (χ1v) is 5.34. The maximum absolute atomic E-state index is 11.9. The summed E-state index contributed by atoms with van der Waals surface area (Å²) in [7, 11) is -4.39. The van der Waals surface area contributed by atoms with Crippen LogP contribution in [0.4, 0.5) is 3.89 Å². The van der Waals surface area contributed by atoms with Crippen LogP contribution in [0.5, 0.6) is 0 Å². The predicted octanol–water partition coefficient (Wildman–Crippen LogP) is 0.852. The topological polar surface area (TPSA) is 52.6 Å². The summed E-state index contributed by atoms with van der Waals surface area (Å²) in [5.41, 5.74) is 0. The van der Waals surface area contributed by atoms with Crippen LogP contribution in [-0.4, -0.2) is 34.0 Å². The van der Waals surface area contributed by atoms with E-state index in [1.165, 1.54) is 6.26 Å². The monoisotopic (exact) mass is 212 g/mol. The Labute approximate surface area is 77.6 Å². The van der Waals surface area contributed by atoms with Gasteiger partial charge in [0.25, 0.3) is 0 Å². The largest absolute Gasteiger partial charge is 0.502 e. The predicted molar refractivity (Wildman–Crippen MR) is 46.5 cm³/mol. The smallest absolute Gasteiger partial charge is 0.304 e. The van der Waals surface area contributed by atoms with Crippen molar-refractivity contribution in [2.45, 2.75) is 6.42 Å². The van der Waals surface area contributed by atoms with Gasteiger partial charge in [0, 0.05) is 13.0 Å². The molecule has 0 spiro atoms. The van der Waals surface area contributed by atoms with E-state index in [2.05, 4.69) is 6.58 Å². The average Bonchev–Trinajstić information content (AvgIpc) is 2.01. The van der Waals surface area contributed by atoms with Gasteiger partial charge < -0.3 is 9.47 Å². The second-order valence-corrected chi connectivity index (χ2v) is 3.73. The molecular formula is C7H13FO4S. The third-order valence-corrected chi connectivity index (χ3v) is 1.79. The molecule has 0 aliphatic carbocycles.